The summed E-state index contributed by atoms with van der Waals surface area (Å²) in [5.41, 5.74) is -0.231. The van der Waals surface area contributed by atoms with Crippen molar-refractivity contribution in [3.05, 3.63) is 0 Å². The van der Waals surface area contributed by atoms with Gasteiger partial charge in [0.2, 0.25) is 5.91 Å². The van der Waals surface area contributed by atoms with Crippen LogP contribution >= 0.6 is 0 Å². The standard InChI is InChI=1S/C17H25NO3/c19-15(20)14-2-1-5-18(14)16(21)17-8-11-3-4-12(9-17)7-13(6-11)10-17/h11-14H,1-10H2,(H,19,20)/p-1/t11-,12+,13?,14-,17?/m1/s1. The van der Waals surface area contributed by atoms with E-state index in [4.69, 9.17) is 0 Å². The molecule has 21 heavy (non-hydrogen) atoms. The smallest absolute Gasteiger partial charge is 0.229 e. The lowest BCUT2D eigenvalue weighted by Gasteiger charge is -2.49. The predicted molar refractivity (Wildman–Crippen MR) is 75.0 cm³/mol. The molecule has 4 saturated carbocycles. The summed E-state index contributed by atoms with van der Waals surface area (Å²) in [5.74, 6) is 1.19. The number of aliphatic carboxylic acids is 1. The molecule has 0 aromatic heterocycles. The van der Waals surface area contributed by atoms with Crippen LogP contribution in [0.1, 0.15) is 57.8 Å². The molecule has 1 heterocycles. The molecule has 1 amide bonds. The van der Waals surface area contributed by atoms with Gasteiger partial charge in [-0.25, -0.2) is 0 Å². The molecule has 4 heteroatoms. The molecule has 2 unspecified atom stereocenters. The van der Waals surface area contributed by atoms with Crippen molar-refractivity contribution in [1.82, 2.24) is 4.90 Å². The molecule has 0 aromatic carbocycles. The maximum Gasteiger partial charge on any atom is 0.229 e. The quantitative estimate of drug-likeness (QED) is 0.771. The number of amides is 1. The Morgan fingerprint density at radius 3 is 2.19 bits per heavy atom. The zero-order chi connectivity index (χ0) is 14.6. The Bertz CT molecular complexity index is 459. The topological polar surface area (TPSA) is 60.4 Å². The van der Waals surface area contributed by atoms with Crippen molar-refractivity contribution < 1.29 is 14.7 Å². The highest BCUT2D eigenvalue weighted by molar-refractivity contribution is 5.88. The highest BCUT2D eigenvalue weighted by atomic mass is 16.4. The van der Waals surface area contributed by atoms with Gasteiger partial charge in [0.05, 0.1) is 17.4 Å². The van der Waals surface area contributed by atoms with Gasteiger partial charge in [0, 0.05) is 6.54 Å². The second kappa shape index (κ2) is 4.72. The summed E-state index contributed by atoms with van der Waals surface area (Å²) in [6, 6.07) is -0.674. The normalized spacial score (nSPS) is 44.9. The number of likely N-dealkylation sites (tertiary alicyclic amines) is 1. The van der Waals surface area contributed by atoms with E-state index in [0.717, 1.165) is 25.7 Å². The van der Waals surface area contributed by atoms with Crippen LogP contribution in [0.25, 0.3) is 0 Å². The van der Waals surface area contributed by atoms with E-state index in [2.05, 4.69) is 0 Å². The summed E-state index contributed by atoms with van der Waals surface area (Å²) in [6.07, 6.45) is 9.56. The molecule has 4 nitrogen and oxygen atoms in total. The number of carboxylic acid groups (broad SMARTS) is 1. The van der Waals surface area contributed by atoms with Crippen molar-refractivity contribution in [3.8, 4) is 0 Å². The van der Waals surface area contributed by atoms with Crippen molar-refractivity contribution in [3.63, 3.8) is 0 Å². The Morgan fingerprint density at radius 2 is 1.57 bits per heavy atom. The van der Waals surface area contributed by atoms with Gasteiger partial charge in [0.15, 0.2) is 0 Å². The summed E-state index contributed by atoms with van der Waals surface area (Å²) in [6.45, 7) is 0.610. The molecule has 116 valence electrons. The molecule has 1 aliphatic heterocycles. The zero-order valence-corrected chi connectivity index (χ0v) is 12.6. The lowest BCUT2D eigenvalue weighted by molar-refractivity contribution is -0.310. The number of carbonyl (C=O) groups is 2. The Labute approximate surface area is 125 Å². The van der Waals surface area contributed by atoms with Crippen LogP contribution < -0.4 is 5.11 Å². The molecule has 5 atom stereocenters. The van der Waals surface area contributed by atoms with Crippen LogP contribution in [0.2, 0.25) is 0 Å². The molecular weight excluding hydrogens is 266 g/mol. The van der Waals surface area contributed by atoms with Gasteiger partial charge >= 0.3 is 0 Å². The van der Waals surface area contributed by atoms with Crippen LogP contribution in [-0.2, 0) is 9.59 Å². The second-order valence-electron chi connectivity index (χ2n) is 8.02. The molecule has 4 bridgehead atoms. The third kappa shape index (κ3) is 2.09. The van der Waals surface area contributed by atoms with E-state index < -0.39 is 12.0 Å². The van der Waals surface area contributed by atoms with Crippen LogP contribution in [0.5, 0.6) is 0 Å². The van der Waals surface area contributed by atoms with E-state index in [0.29, 0.717) is 30.7 Å². The first-order chi connectivity index (χ1) is 10.1. The minimum atomic E-state index is -1.07. The van der Waals surface area contributed by atoms with Gasteiger partial charge in [-0.05, 0) is 62.7 Å². The van der Waals surface area contributed by atoms with Gasteiger partial charge in [-0.2, -0.15) is 0 Å². The number of hydrogen-bond acceptors (Lipinski definition) is 3. The van der Waals surface area contributed by atoms with E-state index >= 15 is 0 Å². The largest absolute Gasteiger partial charge is 0.548 e. The monoisotopic (exact) mass is 290 g/mol. The molecule has 0 N–H and O–H groups in total. The molecule has 0 radical (unpaired) electrons. The van der Waals surface area contributed by atoms with Crippen LogP contribution in [0.15, 0.2) is 0 Å². The van der Waals surface area contributed by atoms with Gasteiger partial charge in [-0.1, -0.05) is 12.8 Å². The van der Waals surface area contributed by atoms with Crippen LogP contribution in [0.3, 0.4) is 0 Å². The first kappa shape index (κ1) is 13.6. The van der Waals surface area contributed by atoms with E-state index in [1.165, 1.54) is 25.7 Å². The van der Waals surface area contributed by atoms with E-state index in [1.54, 1.807) is 4.90 Å². The van der Waals surface area contributed by atoms with Crippen molar-refractivity contribution in [2.45, 2.75) is 63.8 Å². The van der Waals surface area contributed by atoms with Crippen molar-refractivity contribution in [2.75, 3.05) is 6.54 Å². The molecule has 0 spiro atoms. The SMILES string of the molecule is O=C([O-])[C@H]1CCCN1C(=O)C12CC3C[C@@H](CC[C@@H](C3)C1)C2. The summed E-state index contributed by atoms with van der Waals surface area (Å²) in [7, 11) is 0. The molecule has 5 rings (SSSR count). The zero-order valence-electron chi connectivity index (χ0n) is 12.6. The fourth-order valence-corrected chi connectivity index (χ4v) is 6.01. The van der Waals surface area contributed by atoms with Gasteiger partial charge in [-0.15, -0.1) is 0 Å². The van der Waals surface area contributed by atoms with Gasteiger partial charge in [0.1, 0.15) is 0 Å². The highest BCUT2D eigenvalue weighted by Crippen LogP contribution is 2.58. The van der Waals surface area contributed by atoms with Gasteiger partial charge in [0.25, 0.3) is 0 Å². The number of hydrogen-bond donors (Lipinski definition) is 0. The minimum absolute atomic E-state index is 0.149. The minimum Gasteiger partial charge on any atom is -0.548 e. The molecule has 0 aromatic rings. The van der Waals surface area contributed by atoms with E-state index in [-0.39, 0.29) is 11.3 Å². The second-order valence-corrected chi connectivity index (χ2v) is 8.02. The molecular formula is C17H24NO3-. The van der Waals surface area contributed by atoms with Gasteiger partial charge in [-0.3, -0.25) is 4.79 Å². The average molecular weight is 290 g/mol. The molecule has 5 aliphatic rings. The van der Waals surface area contributed by atoms with Crippen molar-refractivity contribution in [1.29, 1.82) is 0 Å². The maximum absolute atomic E-state index is 13.2. The average Bonchev–Trinajstić information content (AvgIpc) is 2.83. The summed E-state index contributed by atoms with van der Waals surface area (Å²) >= 11 is 0. The number of rotatable bonds is 2. The Balaban J connectivity index is 1.62. The first-order valence-electron chi connectivity index (χ1n) is 8.59. The number of carboxylic acids is 1. The third-order valence-electron chi connectivity index (χ3n) is 6.59. The maximum atomic E-state index is 13.2. The number of nitrogens with zero attached hydrogens (tertiary/aromatic N) is 1. The van der Waals surface area contributed by atoms with Crippen LogP contribution in [-0.4, -0.2) is 29.4 Å². The molecule has 1 saturated heterocycles. The van der Waals surface area contributed by atoms with Crippen molar-refractivity contribution >= 4 is 11.9 Å². The van der Waals surface area contributed by atoms with Crippen LogP contribution in [0.4, 0.5) is 0 Å². The van der Waals surface area contributed by atoms with E-state index in [1.807, 2.05) is 0 Å². The number of fused-ring (bicyclic) bond motifs is 1. The fraction of sp³-hybridized carbons (Fsp3) is 0.882. The number of carbonyl (C=O) groups excluding carboxylic acids is 2. The molecule has 4 aliphatic carbocycles. The predicted octanol–water partition coefficient (Wildman–Crippen LogP) is 1.33. The van der Waals surface area contributed by atoms with Gasteiger partial charge < -0.3 is 14.8 Å². The lowest BCUT2D eigenvalue weighted by Crippen LogP contribution is -2.55. The van der Waals surface area contributed by atoms with Crippen LogP contribution in [0, 0.1) is 23.2 Å². The summed E-state index contributed by atoms with van der Waals surface area (Å²) < 4.78 is 0. The molecule has 5 fully saturated rings. The summed E-state index contributed by atoms with van der Waals surface area (Å²) in [4.78, 5) is 26.2. The first-order valence-corrected chi connectivity index (χ1v) is 8.59. The Kier molecular flexibility index (Phi) is 3.05. The third-order valence-corrected chi connectivity index (χ3v) is 6.59. The van der Waals surface area contributed by atoms with E-state index in [9.17, 15) is 14.7 Å². The Hall–Kier alpha value is -1.06. The van der Waals surface area contributed by atoms with Crippen molar-refractivity contribution in [2.24, 2.45) is 23.2 Å². The lowest BCUT2D eigenvalue weighted by atomic mass is 9.58. The highest BCUT2D eigenvalue weighted by Gasteiger charge is 2.54. The fourth-order valence-electron chi connectivity index (χ4n) is 6.01. The Morgan fingerprint density at radius 1 is 0.952 bits per heavy atom. The summed E-state index contributed by atoms with van der Waals surface area (Å²) in [5, 5.41) is 11.3.